The van der Waals surface area contributed by atoms with Crippen LogP contribution in [0.1, 0.15) is 18.4 Å². The van der Waals surface area contributed by atoms with Crippen LogP contribution in [-0.2, 0) is 11.3 Å². The van der Waals surface area contributed by atoms with E-state index in [4.69, 9.17) is 5.73 Å². The average Bonchev–Trinajstić information content (AvgIpc) is 3.45. The number of hydrogen-bond acceptors (Lipinski definition) is 5. The summed E-state index contributed by atoms with van der Waals surface area (Å²) in [6.07, 6.45) is 5.07. The van der Waals surface area contributed by atoms with Crippen LogP contribution in [0.2, 0.25) is 0 Å². The molecule has 1 aliphatic heterocycles. The molecular weight excluding hydrogens is 326 g/mol. The van der Waals surface area contributed by atoms with E-state index in [1.165, 1.54) is 5.56 Å². The molecule has 6 nitrogen and oxygen atoms in total. The summed E-state index contributed by atoms with van der Waals surface area (Å²) in [6, 6.07) is 12.3. The van der Waals surface area contributed by atoms with Crippen LogP contribution in [0.25, 0.3) is 0 Å². The Bertz CT molecular complexity index is 767. The minimum absolute atomic E-state index is 0.0707. The van der Waals surface area contributed by atoms with Crippen LogP contribution < -0.4 is 11.1 Å². The molecule has 1 saturated heterocycles. The van der Waals surface area contributed by atoms with E-state index < -0.39 is 0 Å². The maximum atomic E-state index is 12.8. The van der Waals surface area contributed by atoms with E-state index in [0.29, 0.717) is 11.4 Å². The van der Waals surface area contributed by atoms with E-state index in [-0.39, 0.29) is 11.4 Å². The normalized spacial score (nSPS) is 19.8. The number of carbonyl (C=O) groups excluding carboxylic acids is 1. The minimum Gasteiger partial charge on any atom is -0.397 e. The van der Waals surface area contributed by atoms with E-state index in [1.807, 2.05) is 6.07 Å². The number of amides is 1. The highest BCUT2D eigenvalue weighted by Crippen LogP contribution is 2.43. The average molecular weight is 351 g/mol. The molecule has 0 radical (unpaired) electrons. The smallest absolute Gasteiger partial charge is 0.244 e. The lowest BCUT2D eigenvalue weighted by molar-refractivity contribution is -0.123. The van der Waals surface area contributed by atoms with E-state index in [0.717, 1.165) is 45.6 Å². The molecule has 1 amide bonds. The van der Waals surface area contributed by atoms with Crippen molar-refractivity contribution in [2.24, 2.45) is 0 Å². The Balaban J connectivity index is 1.34. The first-order valence-electron chi connectivity index (χ1n) is 9.19. The maximum absolute atomic E-state index is 12.8. The molecule has 1 saturated carbocycles. The summed E-state index contributed by atoms with van der Waals surface area (Å²) in [4.78, 5) is 21.7. The highest BCUT2D eigenvalue weighted by atomic mass is 16.2. The molecule has 136 valence electrons. The molecule has 0 unspecified atom stereocenters. The van der Waals surface area contributed by atoms with Gasteiger partial charge in [-0.1, -0.05) is 30.3 Å². The summed E-state index contributed by atoms with van der Waals surface area (Å²) in [7, 11) is 0. The lowest BCUT2D eigenvalue weighted by atomic mass is 10.1. The SMILES string of the molecule is Nc1cncc(NC(=O)C2(N3CCN(Cc4ccccc4)CC3)CC2)c1. The number of nitrogen functional groups attached to an aromatic ring is 1. The molecule has 0 spiro atoms. The fraction of sp³-hybridized carbons (Fsp3) is 0.400. The Hall–Kier alpha value is -2.44. The van der Waals surface area contributed by atoms with Gasteiger partial charge in [-0.15, -0.1) is 0 Å². The Morgan fingerprint density at radius 2 is 1.85 bits per heavy atom. The molecule has 1 aromatic carbocycles. The summed E-state index contributed by atoms with van der Waals surface area (Å²) in [5, 5.41) is 3.00. The van der Waals surface area contributed by atoms with Gasteiger partial charge in [0, 0.05) is 38.9 Å². The first-order valence-corrected chi connectivity index (χ1v) is 9.19. The lowest BCUT2D eigenvalue weighted by Gasteiger charge is -2.39. The van der Waals surface area contributed by atoms with Crippen molar-refractivity contribution in [2.45, 2.75) is 24.9 Å². The van der Waals surface area contributed by atoms with E-state index in [1.54, 1.807) is 18.5 Å². The highest BCUT2D eigenvalue weighted by Gasteiger charge is 2.54. The van der Waals surface area contributed by atoms with Gasteiger partial charge in [-0.3, -0.25) is 19.6 Å². The molecule has 1 aromatic heterocycles. The van der Waals surface area contributed by atoms with Gasteiger partial charge in [-0.05, 0) is 24.5 Å². The van der Waals surface area contributed by atoms with E-state index in [9.17, 15) is 4.79 Å². The molecule has 0 bridgehead atoms. The third-order valence-corrected chi connectivity index (χ3v) is 5.39. The summed E-state index contributed by atoms with van der Waals surface area (Å²) >= 11 is 0. The number of hydrogen-bond donors (Lipinski definition) is 2. The zero-order valence-corrected chi connectivity index (χ0v) is 14.9. The topological polar surface area (TPSA) is 74.5 Å². The van der Waals surface area contributed by atoms with Gasteiger partial charge < -0.3 is 11.1 Å². The van der Waals surface area contributed by atoms with Crippen LogP contribution >= 0.6 is 0 Å². The van der Waals surface area contributed by atoms with Crippen molar-refractivity contribution < 1.29 is 4.79 Å². The summed E-state index contributed by atoms with van der Waals surface area (Å²) in [5.41, 5.74) is 7.98. The molecule has 3 N–H and O–H groups in total. The fourth-order valence-electron chi connectivity index (χ4n) is 3.75. The molecule has 6 heteroatoms. The molecule has 2 aliphatic rings. The van der Waals surface area contributed by atoms with Crippen LogP contribution in [-0.4, -0.2) is 52.4 Å². The van der Waals surface area contributed by atoms with Gasteiger partial charge in [0.1, 0.15) is 5.54 Å². The van der Waals surface area contributed by atoms with Gasteiger partial charge >= 0.3 is 0 Å². The number of benzene rings is 1. The van der Waals surface area contributed by atoms with Crippen molar-refractivity contribution in [3.05, 3.63) is 54.4 Å². The quantitative estimate of drug-likeness (QED) is 0.861. The fourth-order valence-corrected chi connectivity index (χ4v) is 3.75. The summed E-state index contributed by atoms with van der Waals surface area (Å²) < 4.78 is 0. The maximum Gasteiger partial charge on any atom is 0.244 e. The zero-order chi connectivity index (χ0) is 18.0. The van der Waals surface area contributed by atoms with E-state index in [2.05, 4.69) is 44.4 Å². The predicted molar refractivity (Wildman–Crippen MR) is 103 cm³/mol. The Labute approximate surface area is 154 Å². The van der Waals surface area contributed by atoms with Crippen molar-refractivity contribution in [2.75, 3.05) is 37.2 Å². The van der Waals surface area contributed by atoms with Crippen molar-refractivity contribution >= 4 is 17.3 Å². The summed E-state index contributed by atoms with van der Waals surface area (Å²) in [5.74, 6) is 0.0707. The number of piperazine rings is 1. The van der Waals surface area contributed by atoms with Crippen LogP contribution in [0.4, 0.5) is 11.4 Å². The summed E-state index contributed by atoms with van der Waals surface area (Å²) in [6.45, 7) is 4.81. The van der Waals surface area contributed by atoms with Gasteiger partial charge in [0.05, 0.1) is 17.6 Å². The number of carbonyl (C=O) groups is 1. The first-order chi connectivity index (χ1) is 12.7. The molecule has 0 atom stereocenters. The van der Waals surface area contributed by atoms with Gasteiger partial charge in [0.2, 0.25) is 5.91 Å². The standard InChI is InChI=1S/C20H25N5O/c21-17-12-18(14-22-13-17)23-19(26)20(6-7-20)25-10-8-24(9-11-25)15-16-4-2-1-3-5-16/h1-5,12-14H,6-11,15,21H2,(H,23,26). The second-order valence-electron chi connectivity index (χ2n) is 7.24. The molecule has 2 aromatic rings. The Kier molecular flexibility index (Phi) is 4.61. The molecule has 2 fully saturated rings. The second-order valence-corrected chi connectivity index (χ2v) is 7.24. The van der Waals surface area contributed by atoms with Crippen LogP contribution in [0.3, 0.4) is 0 Å². The van der Waals surface area contributed by atoms with Gasteiger partial charge in [0.15, 0.2) is 0 Å². The molecule has 4 rings (SSSR count). The van der Waals surface area contributed by atoms with Crippen molar-refractivity contribution in [1.29, 1.82) is 0 Å². The largest absolute Gasteiger partial charge is 0.397 e. The number of aromatic nitrogens is 1. The van der Waals surface area contributed by atoms with Gasteiger partial charge in [0.25, 0.3) is 0 Å². The Morgan fingerprint density at radius 1 is 1.12 bits per heavy atom. The number of nitrogens with one attached hydrogen (secondary N) is 1. The predicted octanol–water partition coefficient (Wildman–Crippen LogP) is 1.95. The van der Waals surface area contributed by atoms with Gasteiger partial charge in [-0.25, -0.2) is 0 Å². The van der Waals surface area contributed by atoms with Crippen LogP contribution in [0.15, 0.2) is 48.8 Å². The van der Waals surface area contributed by atoms with Crippen molar-refractivity contribution in [3.63, 3.8) is 0 Å². The number of rotatable bonds is 5. The number of anilines is 2. The number of nitrogens with two attached hydrogens (primary N) is 1. The number of pyridine rings is 1. The molecule has 26 heavy (non-hydrogen) atoms. The third kappa shape index (κ3) is 3.57. The second kappa shape index (κ2) is 7.05. The molecule has 1 aliphatic carbocycles. The third-order valence-electron chi connectivity index (χ3n) is 5.39. The highest BCUT2D eigenvalue weighted by molar-refractivity contribution is 6.00. The zero-order valence-electron chi connectivity index (χ0n) is 14.9. The van der Waals surface area contributed by atoms with Crippen molar-refractivity contribution in [3.8, 4) is 0 Å². The van der Waals surface area contributed by atoms with Gasteiger partial charge in [-0.2, -0.15) is 0 Å². The monoisotopic (exact) mass is 351 g/mol. The Morgan fingerprint density at radius 3 is 2.50 bits per heavy atom. The lowest BCUT2D eigenvalue weighted by Crippen LogP contribution is -2.55. The van der Waals surface area contributed by atoms with E-state index >= 15 is 0 Å². The number of nitrogens with zero attached hydrogens (tertiary/aromatic N) is 3. The molecule has 2 heterocycles. The van der Waals surface area contributed by atoms with Crippen LogP contribution in [0, 0.1) is 0 Å². The first kappa shape index (κ1) is 17.0. The van der Waals surface area contributed by atoms with Crippen molar-refractivity contribution in [1.82, 2.24) is 14.8 Å². The van der Waals surface area contributed by atoms with Crippen LogP contribution in [0.5, 0.6) is 0 Å². The minimum atomic E-state index is -0.344. The molecular formula is C20H25N5O.